The van der Waals surface area contributed by atoms with E-state index in [1.165, 1.54) is 11.9 Å². The van der Waals surface area contributed by atoms with Crippen molar-refractivity contribution >= 4 is 17.3 Å². The van der Waals surface area contributed by atoms with Gasteiger partial charge >= 0.3 is 5.69 Å². The third-order valence-corrected chi connectivity index (χ3v) is 2.93. The van der Waals surface area contributed by atoms with Gasteiger partial charge in [-0.15, -0.1) is 0 Å². The highest BCUT2D eigenvalue weighted by molar-refractivity contribution is 5.69. The molecule has 1 aromatic heterocycles. The van der Waals surface area contributed by atoms with Gasteiger partial charge < -0.3 is 10.6 Å². The fraction of sp³-hybridized carbons (Fsp3) is 0.286. The van der Waals surface area contributed by atoms with Gasteiger partial charge in [-0.2, -0.15) is 0 Å². The van der Waals surface area contributed by atoms with Crippen LogP contribution in [0.5, 0.6) is 0 Å². The molecule has 0 unspecified atom stereocenters. The lowest BCUT2D eigenvalue weighted by atomic mass is 10.1. The second-order valence-corrected chi connectivity index (χ2v) is 4.55. The summed E-state index contributed by atoms with van der Waals surface area (Å²) in [5, 5.41) is 17.1. The first-order chi connectivity index (χ1) is 10.1. The predicted octanol–water partition coefficient (Wildman–Crippen LogP) is 2.74. The number of nitro groups is 1. The fourth-order valence-electron chi connectivity index (χ4n) is 1.87. The monoisotopic (exact) mass is 287 g/mol. The van der Waals surface area contributed by atoms with Crippen molar-refractivity contribution in [3.05, 3.63) is 51.8 Å². The lowest BCUT2D eigenvalue weighted by molar-refractivity contribution is -0.383. The van der Waals surface area contributed by atoms with Crippen LogP contribution in [0.15, 0.2) is 30.6 Å². The van der Waals surface area contributed by atoms with Crippen LogP contribution in [0, 0.1) is 17.0 Å². The number of benzene rings is 1. The van der Waals surface area contributed by atoms with Crippen LogP contribution in [0.3, 0.4) is 0 Å². The molecule has 2 aromatic rings. The Kier molecular flexibility index (Phi) is 4.65. The highest BCUT2D eigenvalue weighted by Gasteiger charge is 2.22. The number of rotatable bonds is 6. The molecule has 7 heteroatoms. The predicted molar refractivity (Wildman–Crippen MR) is 81.4 cm³/mol. The summed E-state index contributed by atoms with van der Waals surface area (Å²) >= 11 is 0. The molecule has 2 N–H and O–H groups in total. The number of aryl methyl sites for hydroxylation is 1. The molecule has 0 atom stereocenters. The van der Waals surface area contributed by atoms with Crippen molar-refractivity contribution in [3.8, 4) is 0 Å². The van der Waals surface area contributed by atoms with Gasteiger partial charge in [0.1, 0.15) is 6.33 Å². The summed E-state index contributed by atoms with van der Waals surface area (Å²) in [6.45, 7) is 4.87. The van der Waals surface area contributed by atoms with Crippen molar-refractivity contribution < 1.29 is 4.92 Å². The molecular formula is C14H17N5O2. The van der Waals surface area contributed by atoms with Crippen molar-refractivity contribution in [3.63, 3.8) is 0 Å². The smallest absolute Gasteiger partial charge is 0.353 e. The fourth-order valence-corrected chi connectivity index (χ4v) is 1.87. The Hall–Kier alpha value is -2.70. The Labute approximate surface area is 122 Å². The van der Waals surface area contributed by atoms with Crippen molar-refractivity contribution in [2.45, 2.75) is 20.4 Å². The second kappa shape index (κ2) is 6.65. The largest absolute Gasteiger partial charge is 0.364 e. The van der Waals surface area contributed by atoms with Gasteiger partial charge in [-0.3, -0.25) is 10.1 Å². The van der Waals surface area contributed by atoms with E-state index in [0.717, 1.165) is 5.56 Å². The molecule has 0 bridgehead atoms. The molecule has 110 valence electrons. The molecule has 1 heterocycles. The van der Waals surface area contributed by atoms with E-state index in [9.17, 15) is 10.1 Å². The summed E-state index contributed by atoms with van der Waals surface area (Å²) in [6, 6.07) is 7.94. The minimum atomic E-state index is -0.477. The molecule has 0 aliphatic carbocycles. The van der Waals surface area contributed by atoms with Gasteiger partial charge in [0, 0.05) is 13.1 Å². The normalized spacial score (nSPS) is 10.2. The molecular weight excluding hydrogens is 270 g/mol. The summed E-state index contributed by atoms with van der Waals surface area (Å²) in [7, 11) is 0. The van der Waals surface area contributed by atoms with E-state index in [0.29, 0.717) is 13.1 Å². The van der Waals surface area contributed by atoms with E-state index < -0.39 is 4.92 Å². The van der Waals surface area contributed by atoms with Gasteiger partial charge in [-0.1, -0.05) is 29.8 Å². The summed E-state index contributed by atoms with van der Waals surface area (Å²) in [6.07, 6.45) is 1.31. The van der Waals surface area contributed by atoms with Crippen LogP contribution in [-0.4, -0.2) is 21.4 Å². The summed E-state index contributed by atoms with van der Waals surface area (Å²) in [5.74, 6) is 0.440. The van der Waals surface area contributed by atoms with E-state index in [-0.39, 0.29) is 17.3 Å². The van der Waals surface area contributed by atoms with Crippen LogP contribution in [0.2, 0.25) is 0 Å². The Bertz CT molecular complexity index is 628. The quantitative estimate of drug-likeness (QED) is 0.627. The molecule has 0 fully saturated rings. The zero-order chi connectivity index (χ0) is 15.2. The Morgan fingerprint density at radius 3 is 2.33 bits per heavy atom. The van der Waals surface area contributed by atoms with Crippen molar-refractivity contribution in [2.75, 3.05) is 17.2 Å². The van der Waals surface area contributed by atoms with Gasteiger partial charge in [0.25, 0.3) is 0 Å². The van der Waals surface area contributed by atoms with Crippen molar-refractivity contribution in [1.29, 1.82) is 0 Å². The maximum absolute atomic E-state index is 11.2. The molecule has 21 heavy (non-hydrogen) atoms. The third kappa shape index (κ3) is 3.65. The van der Waals surface area contributed by atoms with E-state index in [1.54, 1.807) is 0 Å². The van der Waals surface area contributed by atoms with Gasteiger partial charge in [-0.25, -0.2) is 9.97 Å². The van der Waals surface area contributed by atoms with Crippen LogP contribution in [0.25, 0.3) is 0 Å². The SMILES string of the molecule is CCNc1ncnc(NCc2ccc(C)cc2)c1[N+](=O)[O-]. The molecule has 0 amide bonds. The summed E-state index contributed by atoms with van der Waals surface area (Å²) in [4.78, 5) is 18.6. The maximum Gasteiger partial charge on any atom is 0.353 e. The molecule has 0 aliphatic rings. The minimum Gasteiger partial charge on any atom is -0.364 e. The number of nitrogens with zero attached hydrogens (tertiary/aromatic N) is 3. The van der Waals surface area contributed by atoms with E-state index in [4.69, 9.17) is 0 Å². The summed E-state index contributed by atoms with van der Waals surface area (Å²) in [5.41, 5.74) is 2.06. The van der Waals surface area contributed by atoms with Gasteiger partial charge in [-0.05, 0) is 19.4 Å². The standard InChI is InChI=1S/C14H17N5O2/c1-3-15-13-12(19(20)21)14(18-9-17-13)16-8-11-6-4-10(2)5-7-11/h4-7,9H,3,8H2,1-2H3,(H2,15,16,17,18). The Balaban J connectivity index is 2.21. The first kappa shape index (κ1) is 14.7. The van der Waals surface area contributed by atoms with Crippen LogP contribution < -0.4 is 10.6 Å². The minimum absolute atomic E-state index is 0.133. The first-order valence-corrected chi connectivity index (χ1v) is 6.64. The second-order valence-electron chi connectivity index (χ2n) is 4.55. The zero-order valence-electron chi connectivity index (χ0n) is 12.0. The lowest BCUT2D eigenvalue weighted by Crippen LogP contribution is -2.09. The van der Waals surface area contributed by atoms with E-state index in [1.807, 2.05) is 38.1 Å². The van der Waals surface area contributed by atoms with E-state index >= 15 is 0 Å². The number of hydrogen-bond acceptors (Lipinski definition) is 6. The number of hydrogen-bond donors (Lipinski definition) is 2. The molecule has 2 rings (SSSR count). The molecule has 0 saturated heterocycles. The number of aromatic nitrogens is 2. The van der Waals surface area contributed by atoms with Gasteiger partial charge in [0.2, 0.25) is 11.6 Å². The molecule has 0 aliphatic heterocycles. The Morgan fingerprint density at radius 2 is 1.76 bits per heavy atom. The van der Waals surface area contributed by atoms with Crippen LogP contribution in [0.1, 0.15) is 18.1 Å². The topological polar surface area (TPSA) is 93.0 Å². The zero-order valence-corrected chi connectivity index (χ0v) is 12.0. The third-order valence-electron chi connectivity index (χ3n) is 2.93. The van der Waals surface area contributed by atoms with Gasteiger partial charge in [0.05, 0.1) is 4.92 Å². The molecule has 0 radical (unpaired) electrons. The van der Waals surface area contributed by atoms with Crippen molar-refractivity contribution in [1.82, 2.24) is 9.97 Å². The van der Waals surface area contributed by atoms with E-state index in [2.05, 4.69) is 20.6 Å². The van der Waals surface area contributed by atoms with Gasteiger partial charge in [0.15, 0.2) is 0 Å². The molecule has 0 spiro atoms. The van der Waals surface area contributed by atoms with Crippen LogP contribution >= 0.6 is 0 Å². The number of anilines is 2. The first-order valence-electron chi connectivity index (χ1n) is 6.64. The molecule has 1 aromatic carbocycles. The van der Waals surface area contributed by atoms with Crippen molar-refractivity contribution in [2.24, 2.45) is 0 Å². The van der Waals surface area contributed by atoms with Crippen LogP contribution in [0.4, 0.5) is 17.3 Å². The van der Waals surface area contributed by atoms with Crippen LogP contribution in [-0.2, 0) is 6.54 Å². The molecule has 0 saturated carbocycles. The maximum atomic E-state index is 11.2. The average Bonchev–Trinajstić information content (AvgIpc) is 2.47. The number of nitrogens with one attached hydrogen (secondary N) is 2. The highest BCUT2D eigenvalue weighted by atomic mass is 16.6. The lowest BCUT2D eigenvalue weighted by Gasteiger charge is -2.09. The average molecular weight is 287 g/mol. The molecule has 7 nitrogen and oxygen atoms in total. The Morgan fingerprint density at radius 1 is 1.14 bits per heavy atom. The summed E-state index contributed by atoms with van der Waals surface area (Å²) < 4.78 is 0. The highest BCUT2D eigenvalue weighted by Crippen LogP contribution is 2.28.